The maximum Gasteiger partial charge on any atom is 0.417 e. The van der Waals surface area contributed by atoms with E-state index in [1.165, 1.54) is 23.0 Å². The lowest BCUT2D eigenvalue weighted by Gasteiger charge is -2.32. The van der Waals surface area contributed by atoms with Crippen LogP contribution in [0.3, 0.4) is 0 Å². The predicted molar refractivity (Wildman–Crippen MR) is 112 cm³/mol. The minimum absolute atomic E-state index is 0.0650. The van der Waals surface area contributed by atoms with Crippen molar-refractivity contribution in [3.63, 3.8) is 0 Å². The number of amides is 1. The highest BCUT2D eigenvalue weighted by Gasteiger charge is 2.31. The van der Waals surface area contributed by atoms with E-state index in [0.717, 1.165) is 28.9 Å². The van der Waals surface area contributed by atoms with Crippen LogP contribution >= 0.6 is 11.3 Å². The highest BCUT2D eigenvalue weighted by atomic mass is 32.1. The number of thiazole rings is 1. The summed E-state index contributed by atoms with van der Waals surface area (Å²) in [6.07, 6.45) is -1.37. The zero-order chi connectivity index (χ0) is 21.3. The lowest BCUT2D eigenvalue weighted by Crippen LogP contribution is -2.38. The summed E-state index contributed by atoms with van der Waals surface area (Å²) in [5, 5.41) is 3.52. The molecular formula is C21H21F3N4OS. The molecule has 1 aliphatic rings. The molecule has 0 aliphatic carbocycles. The maximum atomic E-state index is 12.7. The Morgan fingerprint density at radius 3 is 2.63 bits per heavy atom. The summed E-state index contributed by atoms with van der Waals surface area (Å²) in [6, 6.07) is 8.53. The third-order valence-electron chi connectivity index (χ3n) is 5.36. The number of nitrogens with one attached hydrogen (secondary N) is 1. The van der Waals surface area contributed by atoms with Crippen LogP contribution in [0, 0.1) is 5.92 Å². The zero-order valence-corrected chi connectivity index (χ0v) is 17.2. The van der Waals surface area contributed by atoms with Gasteiger partial charge in [0.2, 0.25) is 5.91 Å². The lowest BCUT2D eigenvalue weighted by molar-refractivity contribution is -0.137. The van der Waals surface area contributed by atoms with E-state index in [2.05, 4.69) is 28.3 Å². The van der Waals surface area contributed by atoms with Gasteiger partial charge in [-0.25, -0.2) is 9.97 Å². The van der Waals surface area contributed by atoms with Crippen LogP contribution in [-0.2, 0) is 17.4 Å². The van der Waals surface area contributed by atoms with Crippen molar-refractivity contribution >= 4 is 38.4 Å². The monoisotopic (exact) mass is 434 g/mol. The first-order valence-corrected chi connectivity index (χ1v) is 10.6. The number of hydrogen-bond donors (Lipinski definition) is 1. The van der Waals surface area contributed by atoms with Crippen molar-refractivity contribution in [1.82, 2.24) is 9.97 Å². The molecule has 1 aliphatic heterocycles. The number of anilines is 2. The summed E-state index contributed by atoms with van der Waals surface area (Å²) >= 11 is 1.46. The van der Waals surface area contributed by atoms with E-state index in [4.69, 9.17) is 0 Å². The summed E-state index contributed by atoms with van der Waals surface area (Å²) < 4.78 is 39.1. The van der Waals surface area contributed by atoms with Crippen molar-refractivity contribution in [1.29, 1.82) is 0 Å². The normalized spacial score (nSPS) is 15.5. The molecule has 1 fully saturated rings. The Balaban J connectivity index is 1.35. The predicted octanol–water partition coefficient (Wildman–Crippen LogP) is 5.13. The smallest absolute Gasteiger partial charge is 0.357 e. The standard InChI is InChI=1S/C21H21F3N4OS/c1-2-13-3-5-16-17(11-13)30-20(26-16)27-19(29)14-7-9-28(10-8-14)18-6-4-15(12-25-18)21(22,23)24/h3-6,11-12,14H,2,7-10H2,1H3,(H,26,27,29). The van der Waals surface area contributed by atoms with Crippen LogP contribution in [0.5, 0.6) is 0 Å². The molecule has 1 amide bonds. The van der Waals surface area contributed by atoms with E-state index in [9.17, 15) is 18.0 Å². The number of piperidine rings is 1. The molecule has 0 saturated carbocycles. The Hall–Kier alpha value is -2.68. The zero-order valence-electron chi connectivity index (χ0n) is 16.4. The molecule has 0 unspecified atom stereocenters. The summed E-state index contributed by atoms with van der Waals surface area (Å²) in [5.41, 5.74) is 1.34. The average Bonchev–Trinajstić information content (AvgIpc) is 3.14. The Morgan fingerprint density at radius 2 is 2.00 bits per heavy atom. The third-order valence-corrected chi connectivity index (χ3v) is 6.29. The number of halogens is 3. The number of carbonyl (C=O) groups excluding carboxylic acids is 1. The van der Waals surface area contributed by atoms with Gasteiger partial charge in [0, 0.05) is 25.2 Å². The SMILES string of the molecule is CCc1ccc2nc(NC(=O)C3CCN(c4ccc(C(F)(F)F)cn4)CC3)sc2c1. The molecule has 0 bridgehead atoms. The molecule has 0 radical (unpaired) electrons. The van der Waals surface area contributed by atoms with Crippen molar-refractivity contribution in [3.05, 3.63) is 47.7 Å². The maximum absolute atomic E-state index is 12.7. The van der Waals surface area contributed by atoms with E-state index < -0.39 is 11.7 Å². The van der Waals surface area contributed by atoms with E-state index in [1.54, 1.807) is 0 Å². The van der Waals surface area contributed by atoms with Gasteiger partial charge in [-0.05, 0) is 49.1 Å². The minimum Gasteiger partial charge on any atom is -0.357 e. The molecule has 5 nitrogen and oxygen atoms in total. The van der Waals surface area contributed by atoms with Crippen molar-refractivity contribution in [2.75, 3.05) is 23.3 Å². The molecule has 0 spiro atoms. The third kappa shape index (κ3) is 4.40. The molecule has 158 valence electrons. The molecule has 2 aromatic heterocycles. The fraction of sp³-hybridized carbons (Fsp3) is 0.381. The van der Waals surface area contributed by atoms with Crippen LogP contribution in [0.15, 0.2) is 36.5 Å². The largest absolute Gasteiger partial charge is 0.417 e. The van der Waals surface area contributed by atoms with Crippen molar-refractivity contribution in [2.24, 2.45) is 5.92 Å². The van der Waals surface area contributed by atoms with Crippen LogP contribution in [0.2, 0.25) is 0 Å². The number of hydrogen-bond acceptors (Lipinski definition) is 5. The highest BCUT2D eigenvalue weighted by Crippen LogP contribution is 2.31. The number of fused-ring (bicyclic) bond motifs is 1. The number of pyridine rings is 1. The van der Waals surface area contributed by atoms with Gasteiger partial charge in [0.05, 0.1) is 15.8 Å². The average molecular weight is 434 g/mol. The molecular weight excluding hydrogens is 413 g/mol. The molecule has 3 heterocycles. The quantitative estimate of drug-likeness (QED) is 0.619. The topological polar surface area (TPSA) is 58.1 Å². The van der Waals surface area contributed by atoms with Gasteiger partial charge in [-0.2, -0.15) is 13.2 Å². The molecule has 1 N–H and O–H groups in total. The second kappa shape index (κ2) is 8.22. The number of carbonyl (C=O) groups is 1. The number of aromatic nitrogens is 2. The van der Waals surface area contributed by atoms with E-state index in [0.29, 0.717) is 36.9 Å². The number of alkyl halides is 3. The minimum atomic E-state index is -4.39. The molecule has 0 atom stereocenters. The number of benzene rings is 1. The van der Waals surface area contributed by atoms with Crippen LogP contribution in [0.1, 0.15) is 30.9 Å². The fourth-order valence-electron chi connectivity index (χ4n) is 3.56. The van der Waals surface area contributed by atoms with Gasteiger partial charge in [-0.15, -0.1) is 0 Å². The van der Waals surface area contributed by atoms with E-state index in [-0.39, 0.29) is 11.8 Å². The van der Waals surface area contributed by atoms with Crippen LogP contribution in [0.4, 0.5) is 24.1 Å². The molecule has 3 aromatic rings. The number of aryl methyl sites for hydroxylation is 1. The van der Waals surface area contributed by atoms with Crippen LogP contribution in [0.25, 0.3) is 10.2 Å². The van der Waals surface area contributed by atoms with Gasteiger partial charge in [-0.3, -0.25) is 4.79 Å². The van der Waals surface area contributed by atoms with Crippen LogP contribution < -0.4 is 10.2 Å². The molecule has 9 heteroatoms. The van der Waals surface area contributed by atoms with Crippen molar-refractivity contribution < 1.29 is 18.0 Å². The Kier molecular flexibility index (Phi) is 5.64. The first kappa shape index (κ1) is 20.6. The Labute approximate surface area is 175 Å². The molecule has 30 heavy (non-hydrogen) atoms. The fourth-order valence-corrected chi connectivity index (χ4v) is 4.49. The van der Waals surface area contributed by atoms with Gasteiger partial charge in [-0.1, -0.05) is 24.3 Å². The lowest BCUT2D eigenvalue weighted by atomic mass is 9.96. The van der Waals surface area contributed by atoms with Gasteiger partial charge in [0.1, 0.15) is 5.82 Å². The van der Waals surface area contributed by atoms with Crippen LogP contribution in [-0.4, -0.2) is 29.0 Å². The Bertz CT molecular complexity index is 1040. The Morgan fingerprint density at radius 1 is 1.23 bits per heavy atom. The van der Waals surface area contributed by atoms with E-state index >= 15 is 0 Å². The van der Waals surface area contributed by atoms with E-state index in [1.807, 2.05) is 17.0 Å². The van der Waals surface area contributed by atoms with Gasteiger partial charge >= 0.3 is 6.18 Å². The second-order valence-electron chi connectivity index (χ2n) is 7.33. The summed E-state index contributed by atoms with van der Waals surface area (Å²) in [5.74, 6) is 0.276. The molecule has 1 aromatic carbocycles. The summed E-state index contributed by atoms with van der Waals surface area (Å²) in [7, 11) is 0. The van der Waals surface area contributed by atoms with Gasteiger partial charge < -0.3 is 10.2 Å². The van der Waals surface area contributed by atoms with Gasteiger partial charge in [0.15, 0.2) is 5.13 Å². The van der Waals surface area contributed by atoms with Crippen molar-refractivity contribution in [3.8, 4) is 0 Å². The number of nitrogens with zero attached hydrogens (tertiary/aromatic N) is 3. The first-order chi connectivity index (χ1) is 14.3. The summed E-state index contributed by atoms with van der Waals surface area (Å²) in [6.45, 7) is 3.23. The molecule has 4 rings (SSSR count). The second-order valence-corrected chi connectivity index (χ2v) is 8.36. The molecule has 1 saturated heterocycles. The van der Waals surface area contributed by atoms with Crippen molar-refractivity contribution in [2.45, 2.75) is 32.4 Å². The van der Waals surface area contributed by atoms with Gasteiger partial charge in [0.25, 0.3) is 0 Å². The summed E-state index contributed by atoms with van der Waals surface area (Å²) in [4.78, 5) is 23.0. The number of rotatable bonds is 4. The first-order valence-electron chi connectivity index (χ1n) is 9.82. The highest BCUT2D eigenvalue weighted by molar-refractivity contribution is 7.22.